The molecule has 0 atom stereocenters. The molecule has 0 aliphatic heterocycles. The monoisotopic (exact) mass is 235 g/mol. The highest BCUT2D eigenvalue weighted by molar-refractivity contribution is 5.95. The minimum absolute atomic E-state index is 0.0105. The third-order valence-electron chi connectivity index (χ3n) is 2.77. The summed E-state index contributed by atoms with van der Waals surface area (Å²) < 4.78 is 0. The van der Waals surface area contributed by atoms with Gasteiger partial charge in [-0.25, -0.2) is 0 Å². The molecule has 0 bridgehead atoms. The number of rotatable bonds is 5. The predicted molar refractivity (Wildman–Crippen MR) is 69.2 cm³/mol. The average molecular weight is 235 g/mol. The Hall–Kier alpha value is -1.35. The average Bonchev–Trinajstić information content (AvgIpc) is 2.31. The largest absolute Gasteiger partial charge is 0.395 e. The number of hydrogen-bond donors (Lipinski definition) is 1. The summed E-state index contributed by atoms with van der Waals surface area (Å²) in [4.78, 5) is 14.0. The van der Waals surface area contributed by atoms with Gasteiger partial charge in [0.1, 0.15) is 0 Å². The molecule has 0 fully saturated rings. The minimum atomic E-state index is 0.0105. The smallest absolute Gasteiger partial charge is 0.254 e. The van der Waals surface area contributed by atoms with Gasteiger partial charge in [0.15, 0.2) is 0 Å². The molecule has 3 heteroatoms. The number of carbonyl (C=O) groups excluding carboxylic acids is 1. The summed E-state index contributed by atoms with van der Waals surface area (Å²) in [6.07, 6.45) is 0.899. The first-order valence-corrected chi connectivity index (χ1v) is 6.07. The zero-order valence-corrected chi connectivity index (χ0v) is 10.9. The van der Waals surface area contributed by atoms with Gasteiger partial charge in [-0.05, 0) is 31.9 Å². The Labute approximate surface area is 103 Å². The summed E-state index contributed by atoms with van der Waals surface area (Å²) in [6, 6.07) is 5.88. The fourth-order valence-corrected chi connectivity index (χ4v) is 1.84. The van der Waals surface area contributed by atoms with Crippen LogP contribution in [0.4, 0.5) is 0 Å². The van der Waals surface area contributed by atoms with Crippen molar-refractivity contribution in [3.05, 3.63) is 34.9 Å². The maximum atomic E-state index is 12.3. The molecule has 3 nitrogen and oxygen atoms in total. The Kier molecular flexibility index (Phi) is 5.16. The van der Waals surface area contributed by atoms with Crippen LogP contribution in [0.3, 0.4) is 0 Å². The molecule has 1 aromatic carbocycles. The molecule has 0 saturated carbocycles. The second kappa shape index (κ2) is 6.40. The summed E-state index contributed by atoms with van der Waals surface area (Å²) in [5.74, 6) is 0.0158. The van der Waals surface area contributed by atoms with Crippen LogP contribution in [0.15, 0.2) is 18.2 Å². The van der Waals surface area contributed by atoms with Gasteiger partial charge in [0.25, 0.3) is 5.91 Å². The van der Waals surface area contributed by atoms with Gasteiger partial charge < -0.3 is 10.0 Å². The number of benzene rings is 1. The van der Waals surface area contributed by atoms with Crippen LogP contribution in [0.5, 0.6) is 0 Å². The van der Waals surface area contributed by atoms with E-state index in [1.54, 1.807) is 4.90 Å². The van der Waals surface area contributed by atoms with Crippen molar-refractivity contribution < 1.29 is 9.90 Å². The van der Waals surface area contributed by atoms with Gasteiger partial charge in [-0.15, -0.1) is 0 Å². The molecular weight excluding hydrogens is 214 g/mol. The second-order valence-electron chi connectivity index (χ2n) is 4.33. The Morgan fingerprint density at radius 1 is 1.29 bits per heavy atom. The van der Waals surface area contributed by atoms with E-state index in [1.807, 2.05) is 39.0 Å². The van der Waals surface area contributed by atoms with Gasteiger partial charge in [-0.2, -0.15) is 0 Å². The second-order valence-corrected chi connectivity index (χ2v) is 4.33. The van der Waals surface area contributed by atoms with Crippen LogP contribution >= 0.6 is 0 Å². The Balaban J connectivity index is 2.95. The van der Waals surface area contributed by atoms with Crippen LogP contribution in [0, 0.1) is 13.8 Å². The maximum Gasteiger partial charge on any atom is 0.254 e. The molecule has 17 heavy (non-hydrogen) atoms. The van der Waals surface area contributed by atoms with Gasteiger partial charge in [0, 0.05) is 18.7 Å². The van der Waals surface area contributed by atoms with E-state index in [4.69, 9.17) is 5.11 Å². The SMILES string of the molecule is CCCN(CCO)C(=O)c1cc(C)ccc1C. The molecule has 0 saturated heterocycles. The van der Waals surface area contributed by atoms with Gasteiger partial charge in [-0.1, -0.05) is 24.6 Å². The Bertz CT molecular complexity index is 382. The van der Waals surface area contributed by atoms with E-state index in [0.717, 1.165) is 23.1 Å². The summed E-state index contributed by atoms with van der Waals surface area (Å²) >= 11 is 0. The molecule has 1 N–H and O–H groups in total. The molecule has 0 heterocycles. The molecule has 0 spiro atoms. The van der Waals surface area contributed by atoms with Crippen molar-refractivity contribution in [3.63, 3.8) is 0 Å². The van der Waals surface area contributed by atoms with E-state index in [9.17, 15) is 4.79 Å². The Morgan fingerprint density at radius 2 is 2.00 bits per heavy atom. The van der Waals surface area contributed by atoms with Crippen LogP contribution in [0.1, 0.15) is 34.8 Å². The van der Waals surface area contributed by atoms with E-state index in [2.05, 4.69) is 0 Å². The van der Waals surface area contributed by atoms with Crippen molar-refractivity contribution in [1.29, 1.82) is 0 Å². The lowest BCUT2D eigenvalue weighted by Gasteiger charge is -2.22. The van der Waals surface area contributed by atoms with Crippen LogP contribution < -0.4 is 0 Å². The summed E-state index contributed by atoms with van der Waals surface area (Å²) in [5, 5.41) is 8.99. The van der Waals surface area contributed by atoms with Crippen LogP contribution in [0.2, 0.25) is 0 Å². The quantitative estimate of drug-likeness (QED) is 0.849. The Morgan fingerprint density at radius 3 is 2.59 bits per heavy atom. The lowest BCUT2D eigenvalue weighted by molar-refractivity contribution is 0.0721. The summed E-state index contributed by atoms with van der Waals surface area (Å²) in [7, 11) is 0. The highest BCUT2D eigenvalue weighted by Gasteiger charge is 2.16. The lowest BCUT2D eigenvalue weighted by atomic mass is 10.0. The van der Waals surface area contributed by atoms with Gasteiger partial charge >= 0.3 is 0 Å². The van der Waals surface area contributed by atoms with Crippen molar-refractivity contribution in [3.8, 4) is 0 Å². The standard InChI is InChI=1S/C14H21NO2/c1-4-7-15(8-9-16)14(17)13-10-11(2)5-6-12(13)3/h5-6,10,16H,4,7-9H2,1-3H3. The van der Waals surface area contributed by atoms with Crippen LogP contribution in [-0.2, 0) is 0 Å². The summed E-state index contributed by atoms with van der Waals surface area (Å²) in [5.41, 5.74) is 2.81. The van der Waals surface area contributed by atoms with Crippen LogP contribution in [0.25, 0.3) is 0 Å². The molecule has 0 aliphatic rings. The third-order valence-corrected chi connectivity index (χ3v) is 2.77. The molecule has 1 aromatic rings. The van der Waals surface area contributed by atoms with E-state index in [0.29, 0.717) is 13.1 Å². The first-order valence-electron chi connectivity index (χ1n) is 6.07. The number of carbonyl (C=O) groups is 1. The molecule has 1 rings (SSSR count). The number of aryl methyl sites for hydroxylation is 2. The van der Waals surface area contributed by atoms with Crippen molar-refractivity contribution in [2.24, 2.45) is 0 Å². The van der Waals surface area contributed by atoms with Gasteiger partial charge in [0.2, 0.25) is 0 Å². The first kappa shape index (κ1) is 13.7. The van der Waals surface area contributed by atoms with Crippen molar-refractivity contribution in [1.82, 2.24) is 4.90 Å². The predicted octanol–water partition coefficient (Wildman–Crippen LogP) is 2.15. The number of aliphatic hydroxyl groups excluding tert-OH is 1. The molecular formula is C14H21NO2. The fraction of sp³-hybridized carbons (Fsp3) is 0.500. The van der Waals surface area contributed by atoms with Crippen LogP contribution in [-0.4, -0.2) is 35.6 Å². The third kappa shape index (κ3) is 3.56. The molecule has 94 valence electrons. The van der Waals surface area contributed by atoms with E-state index < -0.39 is 0 Å². The molecule has 0 radical (unpaired) electrons. The molecule has 1 amide bonds. The van der Waals surface area contributed by atoms with Crippen molar-refractivity contribution >= 4 is 5.91 Å². The molecule has 0 aromatic heterocycles. The van der Waals surface area contributed by atoms with E-state index in [1.165, 1.54) is 0 Å². The molecule has 0 unspecified atom stereocenters. The number of nitrogens with zero attached hydrogens (tertiary/aromatic N) is 1. The number of amides is 1. The zero-order valence-electron chi connectivity index (χ0n) is 10.9. The van der Waals surface area contributed by atoms with E-state index >= 15 is 0 Å². The van der Waals surface area contributed by atoms with Gasteiger partial charge in [-0.3, -0.25) is 4.79 Å². The number of hydrogen-bond acceptors (Lipinski definition) is 2. The number of aliphatic hydroxyl groups is 1. The molecule has 0 aliphatic carbocycles. The fourth-order valence-electron chi connectivity index (χ4n) is 1.84. The summed E-state index contributed by atoms with van der Waals surface area (Å²) in [6.45, 7) is 7.05. The lowest BCUT2D eigenvalue weighted by Crippen LogP contribution is -2.34. The minimum Gasteiger partial charge on any atom is -0.395 e. The zero-order chi connectivity index (χ0) is 12.8. The van der Waals surface area contributed by atoms with E-state index in [-0.39, 0.29) is 12.5 Å². The van der Waals surface area contributed by atoms with Crippen molar-refractivity contribution in [2.45, 2.75) is 27.2 Å². The first-order chi connectivity index (χ1) is 8.10. The van der Waals surface area contributed by atoms with Gasteiger partial charge in [0.05, 0.1) is 6.61 Å². The highest BCUT2D eigenvalue weighted by atomic mass is 16.3. The highest BCUT2D eigenvalue weighted by Crippen LogP contribution is 2.13. The normalized spacial score (nSPS) is 10.4. The maximum absolute atomic E-state index is 12.3. The van der Waals surface area contributed by atoms with Crippen molar-refractivity contribution in [2.75, 3.05) is 19.7 Å². The topological polar surface area (TPSA) is 40.5 Å².